The summed E-state index contributed by atoms with van der Waals surface area (Å²) in [5.41, 5.74) is 8.08. The van der Waals surface area contributed by atoms with E-state index < -0.39 is 6.04 Å². The predicted octanol–water partition coefficient (Wildman–Crippen LogP) is 0.385. The zero-order chi connectivity index (χ0) is 15.7. The topological polar surface area (TPSA) is 91.2 Å². The summed E-state index contributed by atoms with van der Waals surface area (Å²) in [7, 11) is 1.74. The quantitative estimate of drug-likeness (QED) is 0.762. The van der Waals surface area contributed by atoms with Gasteiger partial charge in [-0.15, -0.1) is 0 Å². The van der Waals surface area contributed by atoms with Crippen molar-refractivity contribution in [1.82, 2.24) is 15.2 Å². The fourth-order valence-electron chi connectivity index (χ4n) is 2.90. The standard InChI is InChI=1S/C16H20N4O2/c1-20-9-11(7-15(20)21)19-16(22)13(17)6-10-8-18-14-5-3-2-4-12(10)14/h2-5,8,11,13,18H,6-7,9,17H2,1H3,(H,19,22)/t11?,13-/m0/s1. The van der Waals surface area contributed by atoms with Gasteiger partial charge in [0.15, 0.2) is 0 Å². The van der Waals surface area contributed by atoms with E-state index in [9.17, 15) is 9.59 Å². The van der Waals surface area contributed by atoms with E-state index in [1.54, 1.807) is 11.9 Å². The Kier molecular flexibility index (Phi) is 3.85. The first-order valence-electron chi connectivity index (χ1n) is 7.39. The molecule has 1 aromatic heterocycles. The molecule has 1 aliphatic rings. The third kappa shape index (κ3) is 2.82. The molecule has 1 fully saturated rings. The molecule has 2 amide bonds. The van der Waals surface area contributed by atoms with Gasteiger partial charge in [-0.1, -0.05) is 18.2 Å². The summed E-state index contributed by atoms with van der Waals surface area (Å²) >= 11 is 0. The Bertz CT molecular complexity index is 709. The summed E-state index contributed by atoms with van der Waals surface area (Å²) in [4.78, 5) is 28.5. The Morgan fingerprint density at radius 2 is 2.27 bits per heavy atom. The van der Waals surface area contributed by atoms with Crippen molar-refractivity contribution in [2.45, 2.75) is 24.9 Å². The number of likely N-dealkylation sites (N-methyl/N-ethyl adjacent to an activating group) is 1. The van der Waals surface area contributed by atoms with Gasteiger partial charge in [0.1, 0.15) is 0 Å². The van der Waals surface area contributed by atoms with Crippen LogP contribution in [0.1, 0.15) is 12.0 Å². The van der Waals surface area contributed by atoms with Crippen molar-refractivity contribution < 1.29 is 9.59 Å². The molecular weight excluding hydrogens is 280 g/mol. The summed E-state index contributed by atoms with van der Waals surface area (Å²) in [6.45, 7) is 0.546. The molecule has 0 bridgehead atoms. The van der Waals surface area contributed by atoms with Crippen molar-refractivity contribution in [3.8, 4) is 0 Å². The molecule has 6 heteroatoms. The molecule has 22 heavy (non-hydrogen) atoms. The minimum absolute atomic E-state index is 0.0514. The number of nitrogens with one attached hydrogen (secondary N) is 2. The summed E-state index contributed by atoms with van der Waals surface area (Å²) < 4.78 is 0. The second-order valence-corrected chi connectivity index (χ2v) is 5.85. The number of amides is 2. The Labute approximate surface area is 128 Å². The molecule has 0 saturated carbocycles. The lowest BCUT2D eigenvalue weighted by Gasteiger charge is -2.16. The summed E-state index contributed by atoms with van der Waals surface area (Å²) in [6.07, 6.45) is 2.71. The second-order valence-electron chi connectivity index (χ2n) is 5.85. The number of nitrogens with zero attached hydrogens (tertiary/aromatic N) is 1. The molecule has 0 spiro atoms. The lowest BCUT2D eigenvalue weighted by molar-refractivity contribution is -0.126. The minimum Gasteiger partial charge on any atom is -0.361 e. The van der Waals surface area contributed by atoms with Crippen LogP contribution in [0.2, 0.25) is 0 Å². The van der Waals surface area contributed by atoms with Crippen molar-refractivity contribution in [3.63, 3.8) is 0 Å². The van der Waals surface area contributed by atoms with E-state index in [2.05, 4.69) is 10.3 Å². The maximum absolute atomic E-state index is 12.2. The molecule has 0 radical (unpaired) electrons. The summed E-state index contributed by atoms with van der Waals surface area (Å²) in [5, 5.41) is 3.95. The van der Waals surface area contributed by atoms with Gasteiger partial charge in [0, 0.05) is 37.1 Å². The highest BCUT2D eigenvalue weighted by molar-refractivity contribution is 5.87. The highest BCUT2D eigenvalue weighted by atomic mass is 16.2. The van der Waals surface area contributed by atoms with Crippen LogP contribution in [0.5, 0.6) is 0 Å². The van der Waals surface area contributed by atoms with Gasteiger partial charge >= 0.3 is 0 Å². The number of likely N-dealkylation sites (tertiary alicyclic amines) is 1. The molecule has 1 aliphatic heterocycles. The number of fused-ring (bicyclic) bond motifs is 1. The fraction of sp³-hybridized carbons (Fsp3) is 0.375. The van der Waals surface area contributed by atoms with Crippen LogP contribution in [0.4, 0.5) is 0 Å². The van der Waals surface area contributed by atoms with Crippen LogP contribution >= 0.6 is 0 Å². The van der Waals surface area contributed by atoms with Crippen LogP contribution in [0, 0.1) is 0 Å². The number of hydrogen-bond acceptors (Lipinski definition) is 3. The largest absolute Gasteiger partial charge is 0.361 e. The molecule has 2 aromatic rings. The van der Waals surface area contributed by atoms with Gasteiger partial charge in [-0.25, -0.2) is 0 Å². The first-order chi connectivity index (χ1) is 10.5. The number of aromatic amines is 1. The fourth-order valence-corrected chi connectivity index (χ4v) is 2.90. The molecule has 1 saturated heterocycles. The number of benzene rings is 1. The molecule has 1 unspecified atom stereocenters. The third-order valence-electron chi connectivity index (χ3n) is 4.14. The van der Waals surface area contributed by atoms with E-state index in [4.69, 9.17) is 5.73 Å². The van der Waals surface area contributed by atoms with Gasteiger partial charge in [-0.2, -0.15) is 0 Å². The third-order valence-corrected chi connectivity index (χ3v) is 4.14. The normalized spacial score (nSPS) is 19.6. The Morgan fingerprint density at radius 3 is 3.00 bits per heavy atom. The van der Waals surface area contributed by atoms with Crippen molar-refractivity contribution in [3.05, 3.63) is 36.0 Å². The zero-order valence-corrected chi connectivity index (χ0v) is 12.5. The van der Waals surface area contributed by atoms with Crippen LogP contribution in [0.25, 0.3) is 10.9 Å². The van der Waals surface area contributed by atoms with E-state index in [-0.39, 0.29) is 17.9 Å². The maximum atomic E-state index is 12.2. The number of nitrogens with two attached hydrogens (primary N) is 1. The second kappa shape index (κ2) is 5.81. The molecule has 1 aromatic carbocycles. The van der Waals surface area contributed by atoms with Crippen LogP contribution in [-0.2, 0) is 16.0 Å². The Morgan fingerprint density at radius 1 is 1.50 bits per heavy atom. The number of carbonyl (C=O) groups is 2. The average Bonchev–Trinajstić information content (AvgIpc) is 3.03. The number of para-hydroxylation sites is 1. The van der Waals surface area contributed by atoms with E-state index in [1.807, 2.05) is 30.5 Å². The predicted molar refractivity (Wildman–Crippen MR) is 84.2 cm³/mol. The number of H-pyrrole nitrogens is 1. The monoisotopic (exact) mass is 300 g/mol. The highest BCUT2D eigenvalue weighted by Crippen LogP contribution is 2.19. The maximum Gasteiger partial charge on any atom is 0.237 e. The van der Waals surface area contributed by atoms with Crippen LogP contribution in [-0.4, -0.2) is 47.4 Å². The first kappa shape index (κ1) is 14.6. The summed E-state index contributed by atoms with van der Waals surface area (Å²) in [5.74, 6) is -0.158. The van der Waals surface area contributed by atoms with Gasteiger partial charge in [0.05, 0.1) is 12.1 Å². The molecule has 116 valence electrons. The number of rotatable bonds is 4. The molecule has 2 heterocycles. The van der Waals surface area contributed by atoms with Crippen LogP contribution < -0.4 is 11.1 Å². The Hall–Kier alpha value is -2.34. The van der Waals surface area contributed by atoms with E-state index in [0.717, 1.165) is 16.5 Å². The number of aromatic nitrogens is 1. The van der Waals surface area contributed by atoms with Crippen molar-refractivity contribution >= 4 is 22.7 Å². The first-order valence-corrected chi connectivity index (χ1v) is 7.39. The van der Waals surface area contributed by atoms with E-state index in [1.165, 1.54) is 0 Å². The highest BCUT2D eigenvalue weighted by Gasteiger charge is 2.29. The molecule has 0 aliphatic carbocycles. The average molecular weight is 300 g/mol. The zero-order valence-electron chi connectivity index (χ0n) is 12.5. The van der Waals surface area contributed by atoms with Crippen molar-refractivity contribution in [2.24, 2.45) is 5.73 Å². The summed E-state index contributed by atoms with van der Waals surface area (Å²) in [6, 6.07) is 7.16. The molecular formula is C16H20N4O2. The van der Waals surface area contributed by atoms with Crippen LogP contribution in [0.3, 0.4) is 0 Å². The van der Waals surface area contributed by atoms with Crippen molar-refractivity contribution in [1.29, 1.82) is 0 Å². The van der Waals surface area contributed by atoms with Gasteiger partial charge in [-0.05, 0) is 18.1 Å². The smallest absolute Gasteiger partial charge is 0.237 e. The van der Waals surface area contributed by atoms with Crippen LogP contribution in [0.15, 0.2) is 30.5 Å². The van der Waals surface area contributed by atoms with E-state index in [0.29, 0.717) is 19.4 Å². The molecule has 2 atom stereocenters. The van der Waals surface area contributed by atoms with Gasteiger partial charge < -0.3 is 20.9 Å². The number of hydrogen-bond donors (Lipinski definition) is 3. The number of carbonyl (C=O) groups excluding carboxylic acids is 2. The lowest BCUT2D eigenvalue weighted by atomic mass is 10.0. The Balaban J connectivity index is 1.63. The molecule has 4 N–H and O–H groups in total. The van der Waals surface area contributed by atoms with Crippen molar-refractivity contribution in [2.75, 3.05) is 13.6 Å². The van der Waals surface area contributed by atoms with E-state index >= 15 is 0 Å². The molecule has 6 nitrogen and oxygen atoms in total. The van der Waals surface area contributed by atoms with Gasteiger partial charge in [0.2, 0.25) is 11.8 Å². The SMILES string of the molecule is CN1CC(NC(=O)[C@@H](N)Cc2c[nH]c3ccccc23)CC1=O. The lowest BCUT2D eigenvalue weighted by Crippen LogP contribution is -2.47. The molecule has 3 rings (SSSR count). The van der Waals surface area contributed by atoms with Gasteiger partial charge in [0.25, 0.3) is 0 Å². The minimum atomic E-state index is -0.625. The van der Waals surface area contributed by atoms with Gasteiger partial charge in [-0.3, -0.25) is 9.59 Å².